The molecule has 6 fully saturated rings. The number of aryl methyl sites for hydroxylation is 1. The van der Waals surface area contributed by atoms with Gasteiger partial charge in [-0.05, 0) is 160 Å². The molecule has 1 spiro atoms. The molecular weight excluding hydrogens is 969 g/mol. The van der Waals surface area contributed by atoms with Crippen molar-refractivity contribution in [1.29, 1.82) is 0 Å². The molecule has 396 valence electrons. The number of aromatic nitrogens is 2. The maximum atomic E-state index is 17.2. The van der Waals surface area contributed by atoms with Crippen molar-refractivity contribution in [3.8, 4) is 22.9 Å². The zero-order chi connectivity index (χ0) is 52.2. The lowest BCUT2D eigenvalue weighted by molar-refractivity contribution is -0.136. The van der Waals surface area contributed by atoms with E-state index in [1.807, 2.05) is 23.1 Å². The van der Waals surface area contributed by atoms with Crippen LogP contribution in [0.15, 0.2) is 48.5 Å². The second kappa shape index (κ2) is 18.6. The molecule has 5 aromatic rings. The number of anilines is 2. The van der Waals surface area contributed by atoms with Crippen LogP contribution in [0.2, 0.25) is 0 Å². The zero-order valence-corrected chi connectivity index (χ0v) is 42.6. The maximum absolute atomic E-state index is 17.2. The van der Waals surface area contributed by atoms with E-state index < -0.39 is 46.2 Å². The number of benzene rings is 4. The molecule has 75 heavy (non-hydrogen) atoms. The van der Waals surface area contributed by atoms with Gasteiger partial charge < -0.3 is 34.5 Å². The number of nitrogens with zero attached hydrogens (tertiary/aromatic N) is 7. The number of rotatable bonds is 12. The Labute approximate surface area is 433 Å². The van der Waals surface area contributed by atoms with Gasteiger partial charge in [0.2, 0.25) is 11.8 Å². The van der Waals surface area contributed by atoms with Gasteiger partial charge in [0.15, 0.2) is 5.82 Å². The van der Waals surface area contributed by atoms with Crippen LogP contribution in [0.25, 0.3) is 32.8 Å². The number of carbonyl (C=O) groups excluding carboxylic acids is 3. The van der Waals surface area contributed by atoms with E-state index in [0.717, 1.165) is 82.7 Å². The average molecular weight is 1030 g/mol. The number of carbonyl (C=O) groups is 3. The summed E-state index contributed by atoms with van der Waals surface area (Å²) in [5, 5.41) is 25.0. The van der Waals surface area contributed by atoms with E-state index >= 15 is 17.6 Å². The number of fused-ring (bicyclic) bond motifs is 3. The molecule has 5 aliphatic heterocycles. The first-order chi connectivity index (χ1) is 35.9. The van der Waals surface area contributed by atoms with Crippen molar-refractivity contribution in [3.63, 3.8) is 0 Å². The number of alkyl halides is 1. The highest BCUT2D eigenvalue weighted by atomic mass is 19.1. The van der Waals surface area contributed by atoms with Gasteiger partial charge >= 0.3 is 6.01 Å². The molecule has 18 heteroatoms. The van der Waals surface area contributed by atoms with E-state index in [1.54, 1.807) is 18.7 Å². The normalized spacial score (nSPS) is 24.5. The van der Waals surface area contributed by atoms with Crippen LogP contribution < -0.4 is 19.9 Å². The molecular formula is C57H64F4N8O6. The number of hydrogen-bond acceptors (Lipinski definition) is 12. The van der Waals surface area contributed by atoms with E-state index in [1.165, 1.54) is 30.3 Å². The lowest BCUT2D eigenvalue weighted by atomic mass is 9.55. The van der Waals surface area contributed by atoms with Crippen LogP contribution in [0, 0.1) is 28.3 Å². The van der Waals surface area contributed by atoms with Crippen molar-refractivity contribution >= 4 is 50.9 Å². The summed E-state index contributed by atoms with van der Waals surface area (Å²) < 4.78 is 71.9. The Balaban J connectivity index is 0.676. The molecule has 2 aliphatic carbocycles. The summed E-state index contributed by atoms with van der Waals surface area (Å²) in [5.74, 6) is -3.34. The van der Waals surface area contributed by atoms with Crippen LogP contribution in [-0.4, -0.2) is 142 Å². The number of aromatic hydroxyl groups is 1. The molecule has 3 N–H and O–H groups in total. The summed E-state index contributed by atoms with van der Waals surface area (Å²) in [7, 11) is 0. The molecule has 0 radical (unpaired) electrons. The number of halogens is 4. The summed E-state index contributed by atoms with van der Waals surface area (Å²) in [6.07, 6.45) is 6.75. The fraction of sp³-hybridized carbons (Fsp3) is 0.526. The quantitative estimate of drug-likeness (QED) is 0.0825. The van der Waals surface area contributed by atoms with Crippen LogP contribution in [0.1, 0.15) is 99.5 Å². The van der Waals surface area contributed by atoms with Crippen LogP contribution >= 0.6 is 0 Å². The maximum Gasteiger partial charge on any atom is 0.319 e. The van der Waals surface area contributed by atoms with Crippen LogP contribution in [-0.2, 0) is 22.6 Å². The number of aliphatic hydroxyl groups is 1. The van der Waals surface area contributed by atoms with Gasteiger partial charge in [0, 0.05) is 87.4 Å². The average Bonchev–Trinajstić information content (AvgIpc) is 4.06. The third-order valence-electron chi connectivity index (χ3n) is 17.7. The largest absolute Gasteiger partial charge is 0.508 e. The lowest BCUT2D eigenvalue weighted by Crippen LogP contribution is -2.60. The van der Waals surface area contributed by atoms with Gasteiger partial charge in [-0.1, -0.05) is 13.0 Å². The van der Waals surface area contributed by atoms with E-state index in [2.05, 4.69) is 25.0 Å². The van der Waals surface area contributed by atoms with Crippen LogP contribution in [0.4, 0.5) is 29.1 Å². The summed E-state index contributed by atoms with van der Waals surface area (Å²) in [6, 6.07) is 11.7. The fourth-order valence-electron chi connectivity index (χ4n) is 13.6. The Hall–Kier alpha value is -6.11. The molecule has 2 atom stereocenters. The number of piperidine rings is 3. The molecule has 0 unspecified atom stereocenters. The van der Waals surface area contributed by atoms with E-state index in [9.17, 15) is 24.6 Å². The first-order valence-electron chi connectivity index (χ1n) is 26.8. The first kappa shape index (κ1) is 49.7. The molecule has 14 nitrogen and oxygen atoms in total. The number of piperazine rings is 1. The van der Waals surface area contributed by atoms with Gasteiger partial charge in [-0.25, -0.2) is 17.6 Å². The third-order valence-corrected chi connectivity index (χ3v) is 17.7. The van der Waals surface area contributed by atoms with Crippen molar-refractivity contribution in [2.45, 2.75) is 108 Å². The molecule has 7 aliphatic rings. The van der Waals surface area contributed by atoms with Gasteiger partial charge in [-0.3, -0.25) is 24.6 Å². The lowest BCUT2D eigenvalue weighted by Gasteiger charge is -2.57. The minimum absolute atomic E-state index is 0.00815. The second-order valence-electron chi connectivity index (χ2n) is 23.3. The van der Waals surface area contributed by atoms with Crippen LogP contribution in [0.5, 0.6) is 11.8 Å². The SMILES string of the molecule is CCc1c(F)ccc2cc(O)cc(-c3c(F)cc4c(N5CCC[C@@](C)(O)C5)nc(OCC5(CN6CCC7(CC6)CC(F)(CN6CCN(c8ccc9c(c8)CN([C@H]8CCC(=O)NC8=O)C9=O)CC6)C7)CC5)nc4c3F)c12. The molecule has 0 bridgehead atoms. The van der Waals surface area contributed by atoms with Gasteiger partial charge in [-0.15, -0.1) is 0 Å². The van der Waals surface area contributed by atoms with Crippen molar-refractivity contribution in [2.24, 2.45) is 10.8 Å². The number of β-amino-alcohol motifs (C(OH)–C–C–N with tert-alkyl or cyclic N) is 1. The minimum Gasteiger partial charge on any atom is -0.508 e. The molecule has 4 aromatic carbocycles. The van der Waals surface area contributed by atoms with E-state index in [0.29, 0.717) is 68.1 Å². The fourth-order valence-corrected chi connectivity index (χ4v) is 13.6. The van der Waals surface area contributed by atoms with Gasteiger partial charge in [-0.2, -0.15) is 9.97 Å². The Morgan fingerprint density at radius 3 is 2.31 bits per heavy atom. The number of hydrogen-bond donors (Lipinski definition) is 3. The number of ether oxygens (including phenoxy) is 1. The number of phenolic OH excluding ortho intramolecular Hbond substituents is 1. The Morgan fingerprint density at radius 1 is 0.827 bits per heavy atom. The molecule has 12 rings (SSSR count). The number of amides is 3. The summed E-state index contributed by atoms with van der Waals surface area (Å²) in [5.41, 5.74) is -0.377. The predicted octanol–water partition coefficient (Wildman–Crippen LogP) is 7.81. The topological polar surface area (TPSA) is 155 Å². The van der Waals surface area contributed by atoms with Gasteiger partial charge in [0.25, 0.3) is 5.91 Å². The number of imide groups is 1. The third kappa shape index (κ3) is 9.31. The molecule has 1 aromatic heterocycles. The summed E-state index contributed by atoms with van der Waals surface area (Å²) >= 11 is 0. The van der Waals surface area contributed by atoms with Gasteiger partial charge in [0.05, 0.1) is 17.8 Å². The molecule has 3 amide bonds. The molecule has 6 heterocycles. The number of nitrogens with one attached hydrogen (secondary N) is 1. The number of likely N-dealkylation sites (tertiary alicyclic amines) is 1. The monoisotopic (exact) mass is 1030 g/mol. The first-order valence-corrected chi connectivity index (χ1v) is 26.8. The standard InChI is InChI=1S/C57H64F4N8O6/c1-3-38-42(58)8-5-34-24-37(70)25-40(46(34)38)47-43(59)26-41-49(48(47)60)63-53(64-50(41)68-16-4-11-54(2,74)30-68)75-33-56(12-13-56)31-65-17-14-55(15-18-65)28-57(61,29-55)32-66-19-21-67(22-20-66)36-6-7-39-35(23-36)27-69(52(39)73)44-9-10-45(71)62-51(44)72/h5-8,23-26,44,70,74H,3-4,9-22,27-33H2,1-2H3,(H,62,71,72)/t44-,54+/m0/s1. The Kier molecular flexibility index (Phi) is 12.3. The minimum atomic E-state index is -1.23. The highest BCUT2D eigenvalue weighted by Gasteiger charge is 2.57. The summed E-state index contributed by atoms with van der Waals surface area (Å²) in [4.78, 5) is 57.2. The number of phenols is 1. The zero-order valence-electron chi connectivity index (χ0n) is 42.6. The van der Waals surface area contributed by atoms with Crippen LogP contribution in [0.3, 0.4) is 0 Å². The van der Waals surface area contributed by atoms with Crippen molar-refractivity contribution in [3.05, 3.63) is 82.7 Å². The Bertz CT molecular complexity index is 3140. The van der Waals surface area contributed by atoms with Crippen molar-refractivity contribution in [1.82, 2.24) is 30.0 Å². The molecule has 2 saturated carbocycles. The van der Waals surface area contributed by atoms with E-state index in [-0.39, 0.29) is 88.2 Å². The van der Waals surface area contributed by atoms with E-state index in [4.69, 9.17) is 9.72 Å². The van der Waals surface area contributed by atoms with Crippen molar-refractivity contribution < 1.29 is 46.9 Å². The smallest absolute Gasteiger partial charge is 0.319 e. The van der Waals surface area contributed by atoms with Gasteiger partial charge in [0.1, 0.15) is 40.4 Å². The van der Waals surface area contributed by atoms with Crippen molar-refractivity contribution in [2.75, 3.05) is 81.9 Å². The summed E-state index contributed by atoms with van der Waals surface area (Å²) in [6.45, 7) is 10.6. The Morgan fingerprint density at radius 2 is 1.59 bits per heavy atom. The predicted molar refractivity (Wildman–Crippen MR) is 275 cm³/mol. The molecule has 4 saturated heterocycles. The highest BCUT2D eigenvalue weighted by molar-refractivity contribution is 6.06. The second-order valence-corrected chi connectivity index (χ2v) is 23.3. The highest BCUT2D eigenvalue weighted by Crippen LogP contribution is 2.58.